The van der Waals surface area contributed by atoms with Crippen LogP contribution in [-0.4, -0.2) is 36.4 Å². The van der Waals surface area contributed by atoms with Gasteiger partial charge in [-0.1, -0.05) is 0 Å². The summed E-state index contributed by atoms with van der Waals surface area (Å²) in [5.41, 5.74) is 0. The van der Waals surface area contributed by atoms with Crippen LogP contribution in [0.4, 0.5) is 0 Å². The predicted octanol–water partition coefficient (Wildman–Crippen LogP) is 6.47. The van der Waals surface area contributed by atoms with Gasteiger partial charge >= 0.3 is 141 Å². The van der Waals surface area contributed by atoms with E-state index in [2.05, 4.69) is 20.8 Å². The van der Waals surface area contributed by atoms with Crippen molar-refractivity contribution in [3.8, 4) is 0 Å². The Bertz CT molecular complexity index is 186. The van der Waals surface area contributed by atoms with E-state index in [-0.39, 0.29) is 0 Å². The summed E-state index contributed by atoms with van der Waals surface area (Å²) >= 11 is 0. The molecule has 1 N–H and O–H groups in total. The fourth-order valence-electron chi connectivity index (χ4n) is 3.77. The minimum atomic E-state index is -1.20. The number of aliphatic hydroxyl groups excluding tert-OH is 1. The molecule has 0 aromatic rings. The molecule has 2 heteroatoms. The molecule has 0 radical (unpaired) electrons. The monoisotopic (exact) mass is 332 g/mol. The van der Waals surface area contributed by atoms with E-state index in [0.29, 0.717) is 6.61 Å². The number of rotatable bonds is 17. The summed E-state index contributed by atoms with van der Waals surface area (Å²) in [6.07, 6.45) is 22.4. The van der Waals surface area contributed by atoms with Crippen molar-refractivity contribution in [1.82, 2.24) is 0 Å². The van der Waals surface area contributed by atoms with Gasteiger partial charge in [0, 0.05) is 0 Å². The van der Waals surface area contributed by atoms with Crippen LogP contribution in [0.3, 0.4) is 0 Å². The molecule has 0 fully saturated rings. The van der Waals surface area contributed by atoms with E-state index in [4.69, 9.17) is 0 Å². The average Bonchev–Trinajstić information content (AvgIpc) is 2.53. The van der Waals surface area contributed by atoms with Crippen LogP contribution in [0, 0.1) is 0 Å². The van der Waals surface area contributed by atoms with Gasteiger partial charge in [-0.2, -0.15) is 0 Å². The fraction of sp³-hybridized carbons (Fsp3) is 1.00. The van der Waals surface area contributed by atoms with E-state index < -0.39 is 7.26 Å². The molecule has 0 saturated heterocycles. The Morgan fingerprint density at radius 2 is 0.864 bits per heavy atom. The second kappa shape index (κ2) is 16.3. The predicted molar refractivity (Wildman–Crippen MR) is 107 cm³/mol. The zero-order valence-electron chi connectivity index (χ0n) is 16.0. The van der Waals surface area contributed by atoms with Gasteiger partial charge < -0.3 is 0 Å². The van der Waals surface area contributed by atoms with Crippen molar-refractivity contribution >= 4 is 7.26 Å². The van der Waals surface area contributed by atoms with Gasteiger partial charge in [0.25, 0.3) is 0 Å². The minimum absolute atomic E-state index is 0.446. The fourth-order valence-corrected chi connectivity index (χ4v) is 8.74. The van der Waals surface area contributed by atoms with E-state index in [9.17, 15) is 5.11 Å². The molecule has 0 amide bonds. The first-order chi connectivity index (χ1) is 10.7. The molecule has 0 atom stereocenters. The van der Waals surface area contributed by atoms with Crippen LogP contribution in [0.25, 0.3) is 0 Å². The summed E-state index contributed by atoms with van der Waals surface area (Å²) in [5.74, 6) is 0. The van der Waals surface area contributed by atoms with Crippen LogP contribution in [0.1, 0.15) is 97.8 Å². The first-order valence-corrected chi connectivity index (χ1v) is 13.2. The van der Waals surface area contributed by atoms with Crippen molar-refractivity contribution in [2.24, 2.45) is 0 Å². The van der Waals surface area contributed by atoms with E-state index in [0.717, 1.165) is 0 Å². The molecule has 0 unspecified atom stereocenters. The van der Waals surface area contributed by atoms with Gasteiger partial charge in [0.15, 0.2) is 0 Å². The number of aliphatic hydroxyl groups is 1. The molecule has 0 rings (SSSR count). The Kier molecular flexibility index (Phi) is 16.5. The summed E-state index contributed by atoms with van der Waals surface area (Å²) in [6, 6.07) is 0. The number of unbranched alkanes of at least 4 members (excludes halogenated alkanes) is 9. The Balaban J connectivity index is 4.39. The van der Waals surface area contributed by atoms with Crippen molar-refractivity contribution in [1.29, 1.82) is 0 Å². The standard InChI is InChI=1S/C20H45OP/c1-4-7-10-13-17-22(20-16-21,18-14-11-8-5-2)19-15-12-9-6-3/h21-22H,4-20H2,1-3H3. The summed E-state index contributed by atoms with van der Waals surface area (Å²) in [7, 11) is -1.20. The molecule has 0 heterocycles. The molecule has 0 aliphatic heterocycles. The van der Waals surface area contributed by atoms with Crippen LogP contribution in [0.2, 0.25) is 0 Å². The van der Waals surface area contributed by atoms with Gasteiger partial charge in [-0.15, -0.1) is 0 Å². The first kappa shape index (κ1) is 22.4. The average molecular weight is 333 g/mol. The third kappa shape index (κ3) is 11.9. The summed E-state index contributed by atoms with van der Waals surface area (Å²) < 4.78 is 0. The van der Waals surface area contributed by atoms with Gasteiger partial charge in [0.2, 0.25) is 0 Å². The van der Waals surface area contributed by atoms with Gasteiger partial charge in [0.1, 0.15) is 0 Å². The normalized spacial score (nSPS) is 12.7. The number of hydrogen-bond acceptors (Lipinski definition) is 1. The summed E-state index contributed by atoms with van der Waals surface area (Å²) in [5, 5.41) is 9.64. The Hall–Kier alpha value is 0.390. The summed E-state index contributed by atoms with van der Waals surface area (Å²) in [4.78, 5) is 0. The molecule has 0 aliphatic rings. The first-order valence-electron chi connectivity index (χ1n) is 10.4. The van der Waals surface area contributed by atoms with Crippen LogP contribution in [-0.2, 0) is 0 Å². The molecular weight excluding hydrogens is 287 g/mol. The Morgan fingerprint density at radius 1 is 0.500 bits per heavy atom. The van der Waals surface area contributed by atoms with Crippen LogP contribution in [0.15, 0.2) is 0 Å². The Labute approximate surface area is 142 Å². The van der Waals surface area contributed by atoms with Crippen LogP contribution in [0.5, 0.6) is 0 Å². The van der Waals surface area contributed by atoms with Crippen molar-refractivity contribution in [2.45, 2.75) is 97.8 Å². The van der Waals surface area contributed by atoms with Gasteiger partial charge in [0.05, 0.1) is 0 Å². The van der Waals surface area contributed by atoms with Crippen LogP contribution >= 0.6 is 7.26 Å². The third-order valence-electron chi connectivity index (χ3n) is 5.32. The maximum atomic E-state index is 9.64. The molecule has 0 bridgehead atoms. The zero-order valence-corrected chi connectivity index (χ0v) is 17.0. The van der Waals surface area contributed by atoms with Gasteiger partial charge in [-0.3, -0.25) is 0 Å². The number of hydrogen-bond donors (Lipinski definition) is 1. The summed E-state index contributed by atoms with van der Waals surface area (Å²) in [6.45, 7) is 7.34. The molecule has 0 aromatic heterocycles. The molecule has 22 heavy (non-hydrogen) atoms. The van der Waals surface area contributed by atoms with E-state index in [1.165, 1.54) is 102 Å². The van der Waals surface area contributed by atoms with Crippen molar-refractivity contribution in [3.63, 3.8) is 0 Å². The van der Waals surface area contributed by atoms with E-state index in [1.54, 1.807) is 0 Å². The molecule has 1 nitrogen and oxygen atoms in total. The molecule has 0 aliphatic carbocycles. The maximum absolute atomic E-state index is 9.64. The molecule has 0 spiro atoms. The van der Waals surface area contributed by atoms with Crippen LogP contribution < -0.4 is 0 Å². The third-order valence-corrected chi connectivity index (χ3v) is 10.9. The topological polar surface area (TPSA) is 20.2 Å². The van der Waals surface area contributed by atoms with Crippen molar-refractivity contribution < 1.29 is 5.11 Å². The van der Waals surface area contributed by atoms with Crippen molar-refractivity contribution in [2.75, 3.05) is 31.3 Å². The van der Waals surface area contributed by atoms with E-state index in [1.807, 2.05) is 0 Å². The van der Waals surface area contributed by atoms with E-state index >= 15 is 0 Å². The second-order valence-corrected chi connectivity index (χ2v) is 12.4. The Morgan fingerprint density at radius 3 is 1.14 bits per heavy atom. The zero-order chi connectivity index (χ0) is 16.5. The molecular formula is C20H45OP. The molecule has 0 aromatic carbocycles. The second-order valence-electron chi connectivity index (χ2n) is 7.41. The van der Waals surface area contributed by atoms with Gasteiger partial charge in [-0.25, -0.2) is 0 Å². The SMILES string of the molecule is CCCCCC[PH](CCO)(CCCCCC)CCCCCC. The molecule has 0 saturated carbocycles. The van der Waals surface area contributed by atoms with Gasteiger partial charge in [-0.05, 0) is 0 Å². The van der Waals surface area contributed by atoms with Crippen molar-refractivity contribution in [3.05, 3.63) is 0 Å². The quantitative estimate of drug-likeness (QED) is 0.239. The molecule has 136 valence electrons.